The van der Waals surface area contributed by atoms with E-state index in [-0.39, 0.29) is 12.1 Å². The molecular weight excluding hydrogens is 290 g/mol. The first kappa shape index (κ1) is 15.4. The van der Waals surface area contributed by atoms with Crippen molar-refractivity contribution in [2.45, 2.75) is 38.9 Å². The molecule has 1 atom stereocenters. The second-order valence-corrected chi connectivity index (χ2v) is 5.91. The molecular formula is C19H21NO3. The molecule has 1 aliphatic rings. The van der Waals surface area contributed by atoms with Gasteiger partial charge in [0.05, 0.1) is 5.69 Å². The zero-order chi connectivity index (χ0) is 16.2. The zero-order valence-corrected chi connectivity index (χ0v) is 13.2. The summed E-state index contributed by atoms with van der Waals surface area (Å²) in [6.07, 6.45) is 2.38. The molecule has 0 amide bonds. The summed E-state index contributed by atoms with van der Waals surface area (Å²) in [7, 11) is 0. The normalized spacial score (nSPS) is 16.5. The third-order valence-corrected chi connectivity index (χ3v) is 4.09. The lowest BCUT2D eigenvalue weighted by Crippen LogP contribution is -2.24. The molecule has 0 fully saturated rings. The first-order valence-corrected chi connectivity index (χ1v) is 7.87. The summed E-state index contributed by atoms with van der Waals surface area (Å²) in [4.78, 5) is 11.1. The van der Waals surface area contributed by atoms with Crippen molar-refractivity contribution in [2.24, 2.45) is 0 Å². The molecule has 2 aromatic rings. The molecule has 4 heteroatoms. The van der Waals surface area contributed by atoms with Crippen LogP contribution in [-0.2, 0) is 29.0 Å². The Morgan fingerprint density at radius 2 is 2.00 bits per heavy atom. The Bertz CT molecular complexity index is 697. The number of nitrogen functional groups attached to an aromatic ring is 1. The molecule has 2 aromatic carbocycles. The first-order chi connectivity index (χ1) is 11.1. The van der Waals surface area contributed by atoms with Gasteiger partial charge in [0.15, 0.2) is 0 Å². The van der Waals surface area contributed by atoms with E-state index in [2.05, 4.69) is 0 Å². The third-order valence-electron chi connectivity index (χ3n) is 4.09. The maximum Gasteiger partial charge on any atom is 0.302 e. The smallest absolute Gasteiger partial charge is 0.302 e. The molecule has 0 bridgehead atoms. The maximum absolute atomic E-state index is 11.1. The molecule has 120 valence electrons. The van der Waals surface area contributed by atoms with Crippen LogP contribution < -0.4 is 10.5 Å². The Kier molecular flexibility index (Phi) is 4.51. The van der Waals surface area contributed by atoms with Gasteiger partial charge in [0, 0.05) is 13.3 Å². The fourth-order valence-electron chi connectivity index (χ4n) is 2.97. The molecule has 4 nitrogen and oxygen atoms in total. The summed E-state index contributed by atoms with van der Waals surface area (Å²) in [6.45, 7) is 1.93. The molecule has 0 heterocycles. The van der Waals surface area contributed by atoms with E-state index in [1.54, 1.807) is 0 Å². The van der Waals surface area contributed by atoms with Gasteiger partial charge in [-0.15, -0.1) is 0 Å². The summed E-state index contributed by atoms with van der Waals surface area (Å²) >= 11 is 0. The summed E-state index contributed by atoms with van der Waals surface area (Å²) in [5, 5.41) is 0. The highest BCUT2D eigenvalue weighted by molar-refractivity contribution is 5.66. The van der Waals surface area contributed by atoms with E-state index >= 15 is 0 Å². The van der Waals surface area contributed by atoms with Crippen LogP contribution in [-0.4, -0.2) is 12.1 Å². The average molecular weight is 311 g/mol. The standard InChI is InChI=1S/C19H21NO3/c1-13(21)23-17-8-7-15-10-18(20)19(11-16(15)9-17)22-12-14-5-3-2-4-6-14/h2-6,10-11,17H,7-9,12,20H2,1H3. The maximum atomic E-state index is 11.1. The van der Waals surface area contributed by atoms with Gasteiger partial charge in [-0.2, -0.15) is 0 Å². The van der Waals surface area contributed by atoms with Crippen LogP contribution >= 0.6 is 0 Å². The molecule has 0 aliphatic heterocycles. The summed E-state index contributed by atoms with van der Waals surface area (Å²) in [5.41, 5.74) is 10.2. The molecule has 3 rings (SSSR count). The number of esters is 1. The first-order valence-electron chi connectivity index (χ1n) is 7.87. The number of ether oxygens (including phenoxy) is 2. The molecule has 0 saturated carbocycles. The largest absolute Gasteiger partial charge is 0.487 e. The molecule has 0 spiro atoms. The van der Waals surface area contributed by atoms with Crippen LogP contribution in [0.2, 0.25) is 0 Å². The summed E-state index contributed by atoms with van der Waals surface area (Å²) in [6, 6.07) is 14.0. The Labute approximate surface area is 136 Å². The van der Waals surface area contributed by atoms with Gasteiger partial charge in [-0.25, -0.2) is 0 Å². The number of hydrogen-bond acceptors (Lipinski definition) is 4. The van der Waals surface area contributed by atoms with Gasteiger partial charge in [-0.05, 0) is 41.7 Å². The Morgan fingerprint density at radius 1 is 1.22 bits per heavy atom. The van der Waals surface area contributed by atoms with Crippen LogP contribution in [0.3, 0.4) is 0 Å². The Morgan fingerprint density at radius 3 is 2.74 bits per heavy atom. The molecule has 1 aliphatic carbocycles. The molecule has 0 radical (unpaired) electrons. The monoisotopic (exact) mass is 311 g/mol. The van der Waals surface area contributed by atoms with E-state index in [0.717, 1.165) is 30.4 Å². The minimum Gasteiger partial charge on any atom is -0.487 e. The van der Waals surface area contributed by atoms with Gasteiger partial charge in [0.1, 0.15) is 18.5 Å². The lowest BCUT2D eigenvalue weighted by Gasteiger charge is -2.25. The van der Waals surface area contributed by atoms with Crippen LogP contribution in [0.1, 0.15) is 30.0 Å². The number of aryl methyl sites for hydroxylation is 1. The van der Waals surface area contributed by atoms with Crippen molar-refractivity contribution >= 4 is 11.7 Å². The lowest BCUT2D eigenvalue weighted by atomic mass is 9.89. The van der Waals surface area contributed by atoms with E-state index < -0.39 is 0 Å². The van der Waals surface area contributed by atoms with Crippen LogP contribution in [0.15, 0.2) is 42.5 Å². The number of nitrogens with two attached hydrogens (primary N) is 1. The zero-order valence-electron chi connectivity index (χ0n) is 13.2. The number of anilines is 1. The summed E-state index contributed by atoms with van der Waals surface area (Å²) < 4.78 is 11.2. The minimum absolute atomic E-state index is 0.0504. The van der Waals surface area contributed by atoms with Crippen molar-refractivity contribution in [1.82, 2.24) is 0 Å². The number of fused-ring (bicyclic) bond motifs is 1. The van der Waals surface area contributed by atoms with Crippen molar-refractivity contribution in [3.05, 3.63) is 59.2 Å². The second-order valence-electron chi connectivity index (χ2n) is 5.91. The molecule has 2 N–H and O–H groups in total. The van der Waals surface area contributed by atoms with Gasteiger partial charge >= 0.3 is 5.97 Å². The highest BCUT2D eigenvalue weighted by Crippen LogP contribution is 2.32. The van der Waals surface area contributed by atoms with Crippen LogP contribution in [0.5, 0.6) is 5.75 Å². The van der Waals surface area contributed by atoms with Gasteiger partial charge in [0.2, 0.25) is 0 Å². The SMILES string of the molecule is CC(=O)OC1CCc2cc(N)c(OCc3ccccc3)cc2C1. The highest BCUT2D eigenvalue weighted by atomic mass is 16.5. The molecule has 1 unspecified atom stereocenters. The molecule has 23 heavy (non-hydrogen) atoms. The van der Waals surface area contributed by atoms with E-state index in [0.29, 0.717) is 18.0 Å². The van der Waals surface area contributed by atoms with Crippen molar-refractivity contribution in [3.63, 3.8) is 0 Å². The van der Waals surface area contributed by atoms with Crippen LogP contribution in [0, 0.1) is 0 Å². The van der Waals surface area contributed by atoms with E-state index in [1.807, 2.05) is 42.5 Å². The predicted octanol–water partition coefficient (Wildman–Crippen LogP) is 3.27. The molecule has 0 saturated heterocycles. The third kappa shape index (κ3) is 3.83. The van der Waals surface area contributed by atoms with Gasteiger partial charge in [-0.1, -0.05) is 30.3 Å². The Hall–Kier alpha value is -2.49. The van der Waals surface area contributed by atoms with Gasteiger partial charge < -0.3 is 15.2 Å². The number of hydrogen-bond donors (Lipinski definition) is 1. The van der Waals surface area contributed by atoms with E-state index in [4.69, 9.17) is 15.2 Å². The van der Waals surface area contributed by atoms with Crippen molar-refractivity contribution in [3.8, 4) is 5.75 Å². The highest BCUT2D eigenvalue weighted by Gasteiger charge is 2.22. The lowest BCUT2D eigenvalue weighted by molar-refractivity contribution is -0.146. The topological polar surface area (TPSA) is 61.5 Å². The predicted molar refractivity (Wildman–Crippen MR) is 89.2 cm³/mol. The second kappa shape index (κ2) is 6.73. The van der Waals surface area contributed by atoms with Gasteiger partial charge in [0.25, 0.3) is 0 Å². The fourth-order valence-corrected chi connectivity index (χ4v) is 2.97. The fraction of sp³-hybridized carbons (Fsp3) is 0.316. The quantitative estimate of drug-likeness (QED) is 0.695. The summed E-state index contributed by atoms with van der Waals surface area (Å²) in [5.74, 6) is 0.463. The molecule has 0 aromatic heterocycles. The van der Waals surface area contributed by atoms with Crippen LogP contribution in [0.4, 0.5) is 5.69 Å². The number of benzene rings is 2. The van der Waals surface area contributed by atoms with Crippen LogP contribution in [0.25, 0.3) is 0 Å². The van der Waals surface area contributed by atoms with Gasteiger partial charge in [-0.3, -0.25) is 4.79 Å². The van der Waals surface area contributed by atoms with Crippen molar-refractivity contribution in [1.29, 1.82) is 0 Å². The minimum atomic E-state index is -0.227. The average Bonchev–Trinajstić information content (AvgIpc) is 2.53. The van der Waals surface area contributed by atoms with Crippen molar-refractivity contribution < 1.29 is 14.3 Å². The van der Waals surface area contributed by atoms with E-state index in [1.165, 1.54) is 12.5 Å². The Balaban J connectivity index is 1.73. The number of carbonyl (C=O) groups is 1. The van der Waals surface area contributed by atoms with E-state index in [9.17, 15) is 4.79 Å². The number of rotatable bonds is 4. The number of carbonyl (C=O) groups excluding carboxylic acids is 1. The van der Waals surface area contributed by atoms with Crippen molar-refractivity contribution in [2.75, 3.05) is 5.73 Å².